The number of thiazole rings is 1. The molecule has 4 rings (SSSR count). The number of carboxylic acid groups (broad SMARTS) is 1. The molecule has 0 unspecified atom stereocenters. The molecule has 0 saturated heterocycles. The molecule has 0 fully saturated rings. The predicted molar refractivity (Wildman–Crippen MR) is 91.8 cm³/mol. The zero-order chi connectivity index (χ0) is 17.4. The zero-order valence-electron chi connectivity index (χ0n) is 12.6. The molecule has 2 aromatic carbocycles. The van der Waals surface area contributed by atoms with Gasteiger partial charge in [0.1, 0.15) is 11.5 Å². The molecule has 2 heterocycles. The Morgan fingerprint density at radius 1 is 1.16 bits per heavy atom. The van der Waals surface area contributed by atoms with Gasteiger partial charge in [0.05, 0.1) is 10.2 Å². The van der Waals surface area contributed by atoms with Gasteiger partial charge < -0.3 is 14.9 Å². The molecule has 0 aliphatic rings. The molecule has 0 amide bonds. The molecule has 4 aromatic rings. The molecule has 8 heteroatoms. The van der Waals surface area contributed by atoms with E-state index in [9.17, 15) is 9.18 Å². The fraction of sp³-hybridized carbons (Fsp3) is 0. The highest BCUT2D eigenvalue weighted by Gasteiger charge is 2.12. The van der Waals surface area contributed by atoms with Crippen LogP contribution in [0.3, 0.4) is 0 Å². The number of nitrogens with one attached hydrogen (secondary N) is 1. The second-order valence-electron chi connectivity index (χ2n) is 5.21. The molecule has 6 nitrogen and oxygen atoms in total. The standard InChI is InChI=1S/C17H10FN3O3S/c18-10-3-6-12-15(7-10)25-17(20-12)19-11-4-1-9(2-5-11)13-8-14(16(22)23)24-21-13/h1-8H,(H,19,20)(H,22,23). The summed E-state index contributed by atoms with van der Waals surface area (Å²) in [6.45, 7) is 0. The maximum atomic E-state index is 13.2. The van der Waals surface area contributed by atoms with Crippen LogP contribution < -0.4 is 5.32 Å². The van der Waals surface area contributed by atoms with Gasteiger partial charge in [0.15, 0.2) is 5.13 Å². The number of benzene rings is 2. The van der Waals surface area contributed by atoms with Gasteiger partial charge in [-0.25, -0.2) is 14.2 Å². The van der Waals surface area contributed by atoms with E-state index in [2.05, 4.69) is 15.5 Å². The minimum absolute atomic E-state index is 0.209. The van der Waals surface area contributed by atoms with Crippen molar-refractivity contribution >= 4 is 38.3 Å². The van der Waals surface area contributed by atoms with Crippen molar-refractivity contribution in [1.29, 1.82) is 0 Å². The third-order valence-corrected chi connectivity index (χ3v) is 4.44. The lowest BCUT2D eigenvalue weighted by atomic mass is 10.1. The number of anilines is 2. The van der Waals surface area contributed by atoms with Crippen molar-refractivity contribution in [1.82, 2.24) is 10.1 Å². The van der Waals surface area contributed by atoms with Crippen LogP contribution in [0.4, 0.5) is 15.2 Å². The molecule has 0 radical (unpaired) electrons. The third-order valence-electron chi connectivity index (χ3n) is 3.50. The SMILES string of the molecule is O=C(O)c1cc(-c2ccc(Nc3nc4ccc(F)cc4s3)cc2)no1. The minimum atomic E-state index is -1.16. The number of carboxylic acids is 1. The number of aromatic carboxylic acids is 1. The smallest absolute Gasteiger partial charge is 0.374 e. The van der Waals surface area contributed by atoms with Gasteiger partial charge in [-0.2, -0.15) is 0 Å². The average Bonchev–Trinajstić information content (AvgIpc) is 3.22. The Labute approximate surface area is 144 Å². The van der Waals surface area contributed by atoms with E-state index in [1.807, 2.05) is 12.1 Å². The Bertz CT molecular complexity index is 1070. The third kappa shape index (κ3) is 3.07. The number of hydrogen-bond donors (Lipinski definition) is 2. The molecule has 0 spiro atoms. The summed E-state index contributed by atoms with van der Waals surface area (Å²) in [5.41, 5.74) is 2.70. The van der Waals surface area contributed by atoms with Crippen LogP contribution in [0.25, 0.3) is 21.5 Å². The number of hydrogen-bond acceptors (Lipinski definition) is 6. The molecule has 0 bridgehead atoms. The first-order valence-electron chi connectivity index (χ1n) is 7.22. The van der Waals surface area contributed by atoms with Crippen LogP contribution in [0, 0.1) is 5.82 Å². The summed E-state index contributed by atoms with van der Waals surface area (Å²) in [6.07, 6.45) is 0. The van der Waals surface area contributed by atoms with Crippen LogP contribution in [0.5, 0.6) is 0 Å². The second kappa shape index (κ2) is 5.99. The Balaban J connectivity index is 1.55. The summed E-state index contributed by atoms with van der Waals surface area (Å²) in [6, 6.07) is 13.1. The van der Waals surface area contributed by atoms with Gasteiger partial charge in [-0.05, 0) is 30.3 Å². The first-order valence-corrected chi connectivity index (χ1v) is 8.04. The van der Waals surface area contributed by atoms with E-state index in [1.165, 1.54) is 29.5 Å². The normalized spacial score (nSPS) is 10.9. The fourth-order valence-electron chi connectivity index (χ4n) is 2.31. The predicted octanol–water partition coefficient (Wildman–Crippen LogP) is 4.53. The molecule has 0 saturated carbocycles. The van der Waals surface area contributed by atoms with Crippen LogP contribution in [0.1, 0.15) is 10.6 Å². The minimum Gasteiger partial charge on any atom is -0.475 e. The highest BCUT2D eigenvalue weighted by atomic mass is 32.1. The molecule has 0 aliphatic carbocycles. The van der Waals surface area contributed by atoms with Gasteiger partial charge in [0.2, 0.25) is 5.76 Å². The van der Waals surface area contributed by atoms with Crippen LogP contribution in [-0.4, -0.2) is 21.2 Å². The van der Waals surface area contributed by atoms with E-state index in [-0.39, 0.29) is 11.6 Å². The number of fused-ring (bicyclic) bond motifs is 1. The Kier molecular flexibility index (Phi) is 3.66. The molecule has 2 N–H and O–H groups in total. The first kappa shape index (κ1) is 15.3. The Morgan fingerprint density at radius 2 is 1.96 bits per heavy atom. The van der Waals surface area contributed by atoms with Gasteiger partial charge in [-0.3, -0.25) is 0 Å². The maximum absolute atomic E-state index is 13.2. The average molecular weight is 355 g/mol. The number of carbonyl (C=O) groups is 1. The highest BCUT2D eigenvalue weighted by molar-refractivity contribution is 7.22. The van der Waals surface area contributed by atoms with E-state index in [0.717, 1.165) is 21.5 Å². The fourth-order valence-corrected chi connectivity index (χ4v) is 3.22. The van der Waals surface area contributed by atoms with Crippen molar-refractivity contribution in [3.63, 3.8) is 0 Å². The lowest BCUT2D eigenvalue weighted by molar-refractivity contribution is 0.0652. The Morgan fingerprint density at radius 3 is 2.68 bits per heavy atom. The molecule has 2 aromatic heterocycles. The van der Waals surface area contributed by atoms with Gasteiger partial charge in [0, 0.05) is 17.3 Å². The summed E-state index contributed by atoms with van der Waals surface area (Å²) >= 11 is 1.36. The largest absolute Gasteiger partial charge is 0.475 e. The zero-order valence-corrected chi connectivity index (χ0v) is 13.4. The summed E-state index contributed by atoms with van der Waals surface area (Å²) in [7, 11) is 0. The first-order chi connectivity index (χ1) is 12.1. The molecule has 124 valence electrons. The number of nitrogens with zero attached hydrogens (tertiary/aromatic N) is 2. The second-order valence-corrected chi connectivity index (χ2v) is 6.25. The van der Waals surface area contributed by atoms with Crippen LogP contribution in [0.15, 0.2) is 53.1 Å². The van der Waals surface area contributed by atoms with E-state index in [0.29, 0.717) is 10.8 Å². The quantitative estimate of drug-likeness (QED) is 0.559. The lowest BCUT2D eigenvalue weighted by Gasteiger charge is -2.03. The van der Waals surface area contributed by atoms with Crippen molar-refractivity contribution in [3.05, 3.63) is 60.1 Å². The van der Waals surface area contributed by atoms with Crippen LogP contribution in [-0.2, 0) is 0 Å². The van der Waals surface area contributed by atoms with Crippen molar-refractivity contribution < 1.29 is 18.8 Å². The van der Waals surface area contributed by atoms with Gasteiger partial charge in [-0.15, -0.1) is 0 Å². The summed E-state index contributed by atoms with van der Waals surface area (Å²) in [5, 5.41) is 16.4. The number of aromatic nitrogens is 2. The summed E-state index contributed by atoms with van der Waals surface area (Å²) in [5.74, 6) is -1.66. The van der Waals surface area contributed by atoms with Gasteiger partial charge in [-0.1, -0.05) is 28.6 Å². The van der Waals surface area contributed by atoms with Gasteiger partial charge >= 0.3 is 5.97 Å². The van der Waals surface area contributed by atoms with Crippen molar-refractivity contribution in [2.75, 3.05) is 5.32 Å². The topological polar surface area (TPSA) is 88.2 Å². The van der Waals surface area contributed by atoms with Crippen LogP contribution in [0.2, 0.25) is 0 Å². The van der Waals surface area contributed by atoms with E-state index in [4.69, 9.17) is 9.63 Å². The molecular formula is C17H10FN3O3S. The summed E-state index contributed by atoms with van der Waals surface area (Å²) < 4.78 is 18.8. The Hall–Kier alpha value is -3.26. The van der Waals surface area contributed by atoms with Crippen molar-refractivity contribution in [3.8, 4) is 11.3 Å². The van der Waals surface area contributed by atoms with Gasteiger partial charge in [0.25, 0.3) is 0 Å². The molecule has 0 aliphatic heterocycles. The van der Waals surface area contributed by atoms with E-state index in [1.54, 1.807) is 18.2 Å². The highest BCUT2D eigenvalue weighted by Crippen LogP contribution is 2.29. The van der Waals surface area contributed by atoms with E-state index < -0.39 is 5.97 Å². The molecular weight excluding hydrogens is 345 g/mol. The maximum Gasteiger partial charge on any atom is 0.374 e. The van der Waals surface area contributed by atoms with Crippen LogP contribution >= 0.6 is 11.3 Å². The number of halogens is 1. The lowest BCUT2D eigenvalue weighted by Crippen LogP contribution is -1.91. The molecule has 0 atom stereocenters. The van der Waals surface area contributed by atoms with Crippen molar-refractivity contribution in [2.45, 2.75) is 0 Å². The number of rotatable bonds is 4. The van der Waals surface area contributed by atoms with Crippen molar-refractivity contribution in [2.24, 2.45) is 0 Å². The van der Waals surface area contributed by atoms with E-state index >= 15 is 0 Å². The monoisotopic (exact) mass is 355 g/mol. The molecule has 25 heavy (non-hydrogen) atoms. The summed E-state index contributed by atoms with van der Waals surface area (Å²) in [4.78, 5) is 15.2.